The molecule has 5 heteroatoms. The van der Waals surface area contributed by atoms with Crippen molar-refractivity contribution in [2.75, 3.05) is 6.54 Å². The SMILES string of the molecule is OC(O)N(C[C@H](O)Cc1ccccc1Cl)C1CC1. The van der Waals surface area contributed by atoms with Gasteiger partial charge in [0.1, 0.15) is 0 Å². The van der Waals surface area contributed by atoms with Crippen LogP contribution in [0.3, 0.4) is 0 Å². The van der Waals surface area contributed by atoms with E-state index in [0.717, 1.165) is 18.4 Å². The maximum atomic E-state index is 10.0. The number of hydrogen-bond acceptors (Lipinski definition) is 4. The van der Waals surface area contributed by atoms with E-state index < -0.39 is 12.5 Å². The number of halogens is 1. The van der Waals surface area contributed by atoms with Crippen molar-refractivity contribution in [2.24, 2.45) is 0 Å². The summed E-state index contributed by atoms with van der Waals surface area (Å²) in [6.45, 7) is 0.244. The Morgan fingerprint density at radius 1 is 1.22 bits per heavy atom. The molecule has 18 heavy (non-hydrogen) atoms. The van der Waals surface area contributed by atoms with Gasteiger partial charge in [-0.3, -0.25) is 0 Å². The Bertz CT molecular complexity index is 394. The fourth-order valence-corrected chi connectivity index (χ4v) is 2.28. The predicted octanol–water partition coefficient (Wildman–Crippen LogP) is 0.976. The van der Waals surface area contributed by atoms with Crippen LogP contribution in [0.25, 0.3) is 0 Å². The standard InChI is InChI=1S/C13H18ClNO3/c14-12-4-2-1-3-9(12)7-11(16)8-15(13(17)18)10-5-6-10/h1-4,10-11,13,16-18H,5-8H2/t11-/m1/s1. The van der Waals surface area contributed by atoms with Gasteiger partial charge in [-0.1, -0.05) is 29.8 Å². The molecular formula is C13H18ClNO3. The topological polar surface area (TPSA) is 63.9 Å². The van der Waals surface area contributed by atoms with Crippen molar-refractivity contribution in [1.82, 2.24) is 4.90 Å². The van der Waals surface area contributed by atoms with Crippen LogP contribution in [0.15, 0.2) is 24.3 Å². The average molecular weight is 272 g/mol. The smallest absolute Gasteiger partial charge is 0.213 e. The molecule has 0 aromatic heterocycles. The normalized spacial score (nSPS) is 17.4. The molecule has 4 nitrogen and oxygen atoms in total. The van der Waals surface area contributed by atoms with Gasteiger partial charge in [-0.25, -0.2) is 4.90 Å². The first-order chi connectivity index (χ1) is 8.58. The molecule has 0 heterocycles. The quantitative estimate of drug-likeness (QED) is 0.675. The molecule has 0 unspecified atom stereocenters. The highest BCUT2D eigenvalue weighted by Crippen LogP contribution is 2.28. The molecule has 2 rings (SSSR count). The first-order valence-electron chi connectivity index (χ1n) is 6.11. The second-order valence-corrected chi connectivity index (χ2v) is 5.13. The lowest BCUT2D eigenvalue weighted by Crippen LogP contribution is -2.42. The number of hydrogen-bond donors (Lipinski definition) is 3. The average Bonchev–Trinajstić information content (AvgIpc) is 3.13. The molecule has 1 atom stereocenters. The van der Waals surface area contributed by atoms with Gasteiger partial charge in [-0.15, -0.1) is 0 Å². The number of aliphatic hydroxyl groups excluding tert-OH is 2. The molecule has 1 saturated carbocycles. The van der Waals surface area contributed by atoms with E-state index in [1.54, 1.807) is 6.07 Å². The highest BCUT2D eigenvalue weighted by Gasteiger charge is 2.33. The predicted molar refractivity (Wildman–Crippen MR) is 69.1 cm³/mol. The zero-order valence-corrected chi connectivity index (χ0v) is 10.8. The largest absolute Gasteiger partial charge is 0.391 e. The summed E-state index contributed by atoms with van der Waals surface area (Å²) in [7, 11) is 0. The first-order valence-corrected chi connectivity index (χ1v) is 6.49. The van der Waals surface area contributed by atoms with Gasteiger partial charge in [0, 0.05) is 24.0 Å². The van der Waals surface area contributed by atoms with Crippen molar-refractivity contribution in [3.05, 3.63) is 34.9 Å². The second kappa shape index (κ2) is 5.99. The van der Waals surface area contributed by atoms with Crippen LogP contribution in [0, 0.1) is 0 Å². The zero-order valence-electron chi connectivity index (χ0n) is 10.0. The molecular weight excluding hydrogens is 254 g/mol. The van der Waals surface area contributed by atoms with E-state index in [0.29, 0.717) is 11.4 Å². The van der Waals surface area contributed by atoms with Crippen LogP contribution < -0.4 is 0 Å². The summed E-state index contributed by atoms with van der Waals surface area (Å²) in [6.07, 6.45) is 0.161. The Balaban J connectivity index is 1.91. The first kappa shape index (κ1) is 13.8. The van der Waals surface area contributed by atoms with E-state index >= 15 is 0 Å². The monoisotopic (exact) mass is 271 g/mol. The Morgan fingerprint density at radius 3 is 2.44 bits per heavy atom. The lowest BCUT2D eigenvalue weighted by atomic mass is 10.1. The molecule has 0 spiro atoms. The zero-order chi connectivity index (χ0) is 13.1. The third-order valence-electron chi connectivity index (χ3n) is 3.15. The van der Waals surface area contributed by atoms with Gasteiger partial charge < -0.3 is 15.3 Å². The third-order valence-corrected chi connectivity index (χ3v) is 3.52. The molecule has 0 saturated heterocycles. The van der Waals surface area contributed by atoms with E-state index in [4.69, 9.17) is 11.6 Å². The van der Waals surface area contributed by atoms with Gasteiger partial charge in [-0.2, -0.15) is 0 Å². The van der Waals surface area contributed by atoms with Crippen molar-refractivity contribution in [1.29, 1.82) is 0 Å². The summed E-state index contributed by atoms with van der Waals surface area (Å²) in [5.41, 5.74) is 0.870. The summed E-state index contributed by atoms with van der Waals surface area (Å²) in [5, 5.41) is 29.1. The number of nitrogens with zero attached hydrogens (tertiary/aromatic N) is 1. The van der Waals surface area contributed by atoms with Crippen molar-refractivity contribution < 1.29 is 15.3 Å². The minimum Gasteiger partial charge on any atom is -0.391 e. The van der Waals surface area contributed by atoms with Gasteiger partial charge in [0.2, 0.25) is 6.41 Å². The molecule has 100 valence electrons. The molecule has 1 aromatic rings. The Hall–Kier alpha value is -0.650. The van der Waals surface area contributed by atoms with Crippen LogP contribution in [-0.4, -0.2) is 45.3 Å². The second-order valence-electron chi connectivity index (χ2n) is 4.72. The maximum Gasteiger partial charge on any atom is 0.213 e. The number of aliphatic hydroxyl groups is 3. The Labute approximate surface area is 111 Å². The molecule has 1 aromatic carbocycles. The van der Waals surface area contributed by atoms with Crippen LogP contribution in [-0.2, 0) is 6.42 Å². The fourth-order valence-electron chi connectivity index (χ4n) is 2.06. The van der Waals surface area contributed by atoms with Crippen LogP contribution >= 0.6 is 11.6 Å². The fraction of sp³-hybridized carbons (Fsp3) is 0.538. The molecule has 1 aliphatic rings. The highest BCUT2D eigenvalue weighted by atomic mass is 35.5. The van der Waals surface area contributed by atoms with Gasteiger partial charge in [0.25, 0.3) is 0 Å². The minimum absolute atomic E-state index is 0.186. The van der Waals surface area contributed by atoms with Crippen LogP contribution in [0.1, 0.15) is 18.4 Å². The van der Waals surface area contributed by atoms with Gasteiger partial charge in [0.15, 0.2) is 0 Å². The molecule has 0 aliphatic heterocycles. The Morgan fingerprint density at radius 2 is 1.89 bits per heavy atom. The van der Waals surface area contributed by atoms with E-state index in [-0.39, 0.29) is 12.6 Å². The van der Waals surface area contributed by atoms with Gasteiger partial charge in [-0.05, 0) is 24.5 Å². The molecule has 0 radical (unpaired) electrons. The maximum absolute atomic E-state index is 10.0. The number of benzene rings is 1. The lowest BCUT2D eigenvalue weighted by molar-refractivity contribution is -0.166. The Kier molecular flexibility index (Phi) is 4.59. The summed E-state index contributed by atoms with van der Waals surface area (Å²) in [6, 6.07) is 7.54. The highest BCUT2D eigenvalue weighted by molar-refractivity contribution is 6.31. The molecule has 1 aliphatic carbocycles. The van der Waals surface area contributed by atoms with Crippen LogP contribution in [0.5, 0.6) is 0 Å². The number of rotatable bonds is 6. The van der Waals surface area contributed by atoms with Crippen LogP contribution in [0.2, 0.25) is 5.02 Å². The van der Waals surface area contributed by atoms with E-state index in [1.165, 1.54) is 4.90 Å². The van der Waals surface area contributed by atoms with Crippen molar-refractivity contribution >= 4 is 11.6 Å². The molecule has 3 N–H and O–H groups in total. The van der Waals surface area contributed by atoms with E-state index in [2.05, 4.69) is 0 Å². The van der Waals surface area contributed by atoms with Gasteiger partial charge >= 0.3 is 0 Å². The molecule has 0 bridgehead atoms. The van der Waals surface area contributed by atoms with Crippen molar-refractivity contribution in [2.45, 2.75) is 37.8 Å². The molecule has 1 fully saturated rings. The third kappa shape index (κ3) is 3.67. The summed E-state index contributed by atoms with van der Waals surface area (Å²) < 4.78 is 0. The molecule has 0 amide bonds. The summed E-state index contributed by atoms with van der Waals surface area (Å²) >= 11 is 6.02. The summed E-state index contributed by atoms with van der Waals surface area (Å²) in [4.78, 5) is 1.52. The van der Waals surface area contributed by atoms with E-state index in [1.807, 2.05) is 18.2 Å². The van der Waals surface area contributed by atoms with E-state index in [9.17, 15) is 15.3 Å². The van der Waals surface area contributed by atoms with Crippen molar-refractivity contribution in [3.63, 3.8) is 0 Å². The summed E-state index contributed by atoms with van der Waals surface area (Å²) in [5.74, 6) is 0. The lowest BCUT2D eigenvalue weighted by Gasteiger charge is -2.26. The minimum atomic E-state index is -1.50. The van der Waals surface area contributed by atoms with Gasteiger partial charge in [0.05, 0.1) is 6.10 Å². The van der Waals surface area contributed by atoms with Crippen molar-refractivity contribution in [3.8, 4) is 0 Å². The van der Waals surface area contributed by atoms with Crippen LogP contribution in [0.4, 0.5) is 0 Å².